The minimum absolute atomic E-state index is 0.0953. The molecule has 0 aliphatic heterocycles. The first kappa shape index (κ1) is 20.4. The van der Waals surface area contributed by atoms with Gasteiger partial charge in [0.05, 0.1) is 17.4 Å². The number of hydrogen-bond donors (Lipinski definition) is 1. The molecule has 0 saturated heterocycles. The molecular weight excluding hydrogens is 386 g/mol. The van der Waals surface area contributed by atoms with Gasteiger partial charge in [-0.05, 0) is 55.3 Å². The van der Waals surface area contributed by atoms with Crippen molar-refractivity contribution in [1.82, 2.24) is 14.8 Å². The molecule has 148 valence electrons. The van der Waals surface area contributed by atoms with E-state index in [0.29, 0.717) is 22.3 Å². The lowest BCUT2D eigenvalue weighted by molar-refractivity contribution is -0.113. The van der Waals surface area contributed by atoms with E-state index in [1.165, 1.54) is 11.8 Å². The highest BCUT2D eigenvalue weighted by atomic mass is 32.2. The van der Waals surface area contributed by atoms with Gasteiger partial charge in [0.25, 0.3) is 0 Å². The van der Waals surface area contributed by atoms with Crippen molar-refractivity contribution in [2.45, 2.75) is 25.6 Å². The molecule has 0 aliphatic carbocycles. The molecule has 0 bridgehead atoms. The van der Waals surface area contributed by atoms with Gasteiger partial charge in [0.2, 0.25) is 5.91 Å². The van der Waals surface area contributed by atoms with Crippen LogP contribution in [-0.4, -0.2) is 26.4 Å². The molecule has 0 spiro atoms. The molecule has 0 saturated carbocycles. The molecule has 8 heteroatoms. The van der Waals surface area contributed by atoms with Crippen molar-refractivity contribution in [3.63, 3.8) is 0 Å². The van der Waals surface area contributed by atoms with Gasteiger partial charge in [0.1, 0.15) is 12.4 Å². The summed E-state index contributed by atoms with van der Waals surface area (Å²) in [5, 5.41) is 20.7. The number of benzene rings is 2. The van der Waals surface area contributed by atoms with Crippen LogP contribution in [0.25, 0.3) is 0 Å². The molecule has 1 N–H and O–H groups in total. The highest BCUT2D eigenvalue weighted by molar-refractivity contribution is 7.99. The van der Waals surface area contributed by atoms with Crippen molar-refractivity contribution in [2.75, 3.05) is 11.1 Å². The summed E-state index contributed by atoms with van der Waals surface area (Å²) in [6, 6.07) is 14.9. The van der Waals surface area contributed by atoms with E-state index in [-0.39, 0.29) is 18.3 Å². The Labute approximate surface area is 173 Å². The van der Waals surface area contributed by atoms with E-state index in [1.54, 1.807) is 28.8 Å². The van der Waals surface area contributed by atoms with Crippen LogP contribution in [0.4, 0.5) is 5.69 Å². The van der Waals surface area contributed by atoms with E-state index < -0.39 is 0 Å². The van der Waals surface area contributed by atoms with Gasteiger partial charge < -0.3 is 14.6 Å². The summed E-state index contributed by atoms with van der Waals surface area (Å²) in [7, 11) is 1.84. The Morgan fingerprint density at radius 3 is 2.69 bits per heavy atom. The van der Waals surface area contributed by atoms with Gasteiger partial charge in [0, 0.05) is 12.7 Å². The number of nitrogens with one attached hydrogen (secondary N) is 1. The van der Waals surface area contributed by atoms with Crippen molar-refractivity contribution in [2.24, 2.45) is 7.05 Å². The Morgan fingerprint density at radius 2 is 1.97 bits per heavy atom. The fourth-order valence-corrected chi connectivity index (χ4v) is 3.29. The van der Waals surface area contributed by atoms with Crippen LogP contribution in [0, 0.1) is 25.2 Å². The lowest BCUT2D eigenvalue weighted by Gasteiger charge is -2.09. The molecule has 1 aromatic heterocycles. The number of amides is 1. The van der Waals surface area contributed by atoms with E-state index >= 15 is 0 Å². The summed E-state index contributed by atoms with van der Waals surface area (Å²) in [6.45, 7) is 4.19. The van der Waals surface area contributed by atoms with Gasteiger partial charge in [-0.25, -0.2) is 0 Å². The predicted molar refractivity (Wildman–Crippen MR) is 112 cm³/mol. The fraction of sp³-hybridized carbons (Fsp3) is 0.238. The SMILES string of the molecule is Cc1ccc(C)c(NC(=O)CSc2nnc(COc3ccc(C#N)cc3)n2C)c1. The van der Waals surface area contributed by atoms with Crippen LogP contribution in [0.5, 0.6) is 5.75 Å². The second-order valence-corrected chi connectivity index (χ2v) is 7.48. The molecule has 7 nitrogen and oxygen atoms in total. The van der Waals surface area contributed by atoms with E-state index in [0.717, 1.165) is 16.8 Å². The second-order valence-electron chi connectivity index (χ2n) is 6.54. The van der Waals surface area contributed by atoms with Gasteiger partial charge in [-0.1, -0.05) is 23.9 Å². The van der Waals surface area contributed by atoms with Crippen LogP contribution in [0.2, 0.25) is 0 Å². The minimum atomic E-state index is -0.0953. The van der Waals surface area contributed by atoms with Crippen molar-refractivity contribution >= 4 is 23.4 Å². The van der Waals surface area contributed by atoms with Crippen molar-refractivity contribution < 1.29 is 9.53 Å². The first-order valence-electron chi connectivity index (χ1n) is 8.97. The Balaban J connectivity index is 1.54. The lowest BCUT2D eigenvalue weighted by atomic mass is 10.1. The number of nitriles is 1. The van der Waals surface area contributed by atoms with Gasteiger partial charge in [0.15, 0.2) is 11.0 Å². The Morgan fingerprint density at radius 1 is 1.21 bits per heavy atom. The number of nitrogens with zero attached hydrogens (tertiary/aromatic N) is 4. The zero-order valence-corrected chi connectivity index (χ0v) is 17.3. The lowest BCUT2D eigenvalue weighted by Crippen LogP contribution is -2.15. The number of ether oxygens (including phenoxy) is 1. The van der Waals surface area contributed by atoms with Gasteiger partial charge in [-0.2, -0.15) is 5.26 Å². The zero-order valence-electron chi connectivity index (χ0n) is 16.5. The summed E-state index contributed by atoms with van der Waals surface area (Å²) in [5.74, 6) is 1.43. The topological polar surface area (TPSA) is 92.8 Å². The molecule has 0 aliphatic rings. The van der Waals surface area contributed by atoms with E-state index in [9.17, 15) is 4.79 Å². The van der Waals surface area contributed by atoms with Crippen LogP contribution in [0.1, 0.15) is 22.5 Å². The van der Waals surface area contributed by atoms with Crippen LogP contribution < -0.4 is 10.1 Å². The smallest absolute Gasteiger partial charge is 0.234 e. The van der Waals surface area contributed by atoms with Crippen molar-refractivity contribution in [3.05, 3.63) is 65.0 Å². The maximum atomic E-state index is 12.3. The van der Waals surface area contributed by atoms with E-state index in [1.807, 2.05) is 39.1 Å². The molecule has 3 aromatic rings. The molecule has 1 heterocycles. The maximum Gasteiger partial charge on any atom is 0.234 e. The molecule has 0 fully saturated rings. The molecule has 0 unspecified atom stereocenters. The summed E-state index contributed by atoms with van der Waals surface area (Å²) in [4.78, 5) is 12.3. The monoisotopic (exact) mass is 407 g/mol. The molecule has 0 atom stereocenters. The standard InChI is InChI=1S/C21H21N5O2S/c1-14-4-5-15(2)18(10-14)23-20(27)13-29-21-25-24-19(26(21)3)12-28-17-8-6-16(11-22)7-9-17/h4-10H,12-13H2,1-3H3,(H,23,27). The minimum Gasteiger partial charge on any atom is -0.486 e. The number of carbonyl (C=O) groups is 1. The number of aryl methyl sites for hydroxylation is 2. The number of carbonyl (C=O) groups excluding carboxylic acids is 1. The normalized spacial score (nSPS) is 10.4. The first-order valence-corrected chi connectivity index (χ1v) is 9.96. The number of thioether (sulfide) groups is 1. The number of aromatic nitrogens is 3. The molecule has 2 aromatic carbocycles. The number of anilines is 1. The van der Waals surface area contributed by atoms with Gasteiger partial charge in [-0.15, -0.1) is 10.2 Å². The third kappa shape index (κ3) is 5.36. The van der Waals surface area contributed by atoms with Gasteiger partial charge >= 0.3 is 0 Å². The average Bonchev–Trinajstić information content (AvgIpc) is 3.07. The quantitative estimate of drug-likeness (QED) is 0.602. The zero-order chi connectivity index (χ0) is 20.8. The summed E-state index contributed by atoms with van der Waals surface area (Å²) in [5.41, 5.74) is 3.52. The molecule has 3 rings (SSSR count). The largest absolute Gasteiger partial charge is 0.486 e. The van der Waals surface area contributed by atoms with Crippen LogP contribution in [-0.2, 0) is 18.4 Å². The molecule has 0 radical (unpaired) electrons. The average molecular weight is 407 g/mol. The third-order valence-electron chi connectivity index (χ3n) is 4.28. The third-order valence-corrected chi connectivity index (χ3v) is 5.30. The van der Waals surface area contributed by atoms with Crippen molar-refractivity contribution in [1.29, 1.82) is 5.26 Å². The highest BCUT2D eigenvalue weighted by Gasteiger charge is 2.13. The van der Waals surface area contributed by atoms with E-state index in [4.69, 9.17) is 10.00 Å². The van der Waals surface area contributed by atoms with Crippen LogP contribution in [0.15, 0.2) is 47.6 Å². The number of hydrogen-bond acceptors (Lipinski definition) is 6. The van der Waals surface area contributed by atoms with Crippen molar-refractivity contribution in [3.8, 4) is 11.8 Å². The maximum absolute atomic E-state index is 12.3. The summed E-state index contributed by atoms with van der Waals surface area (Å²) < 4.78 is 7.50. The molecule has 1 amide bonds. The Kier molecular flexibility index (Phi) is 6.52. The summed E-state index contributed by atoms with van der Waals surface area (Å²) >= 11 is 1.32. The van der Waals surface area contributed by atoms with Crippen LogP contribution in [0.3, 0.4) is 0 Å². The first-order chi connectivity index (χ1) is 14.0. The van der Waals surface area contributed by atoms with Crippen LogP contribution >= 0.6 is 11.8 Å². The Hall–Kier alpha value is -3.31. The van der Waals surface area contributed by atoms with Gasteiger partial charge in [-0.3, -0.25) is 4.79 Å². The summed E-state index contributed by atoms with van der Waals surface area (Å²) in [6.07, 6.45) is 0. The molecular formula is C21H21N5O2S. The Bertz CT molecular complexity index is 1050. The second kappa shape index (κ2) is 9.26. The molecule has 29 heavy (non-hydrogen) atoms. The number of rotatable bonds is 7. The predicted octanol–water partition coefficient (Wildman–Crippen LogP) is 3.61. The van der Waals surface area contributed by atoms with E-state index in [2.05, 4.69) is 21.6 Å². The highest BCUT2D eigenvalue weighted by Crippen LogP contribution is 2.20. The fourth-order valence-electron chi connectivity index (χ4n) is 2.56.